The molecule has 16 heavy (non-hydrogen) atoms. The van der Waals surface area contributed by atoms with Crippen LogP contribution in [0.5, 0.6) is 0 Å². The zero-order chi connectivity index (χ0) is 11.6. The molecule has 0 aromatic carbocycles. The fourth-order valence-electron chi connectivity index (χ4n) is 3.91. The molecule has 1 saturated heterocycles. The molecular weight excluding hydrogens is 196 g/mol. The molecule has 2 fully saturated rings. The van der Waals surface area contributed by atoms with Crippen molar-refractivity contribution in [2.45, 2.75) is 57.9 Å². The van der Waals surface area contributed by atoms with E-state index in [4.69, 9.17) is 5.73 Å². The van der Waals surface area contributed by atoms with Crippen molar-refractivity contribution >= 4 is 0 Å². The van der Waals surface area contributed by atoms with Gasteiger partial charge in [0.05, 0.1) is 0 Å². The Balaban J connectivity index is 2.07. The topological polar surface area (TPSA) is 29.3 Å². The second-order valence-electron chi connectivity index (χ2n) is 6.34. The normalized spacial score (nSPS) is 36.2. The van der Waals surface area contributed by atoms with Crippen LogP contribution in [0.4, 0.5) is 0 Å². The quantitative estimate of drug-likeness (QED) is 0.781. The van der Waals surface area contributed by atoms with Gasteiger partial charge in [-0.25, -0.2) is 0 Å². The lowest BCUT2D eigenvalue weighted by atomic mass is 9.77. The van der Waals surface area contributed by atoms with Crippen molar-refractivity contribution < 1.29 is 0 Å². The fraction of sp³-hybridized carbons (Fsp3) is 1.00. The van der Waals surface area contributed by atoms with Crippen molar-refractivity contribution in [2.75, 3.05) is 19.6 Å². The molecule has 1 aliphatic heterocycles. The van der Waals surface area contributed by atoms with Gasteiger partial charge < -0.3 is 5.73 Å². The molecule has 2 rings (SSSR count). The van der Waals surface area contributed by atoms with Gasteiger partial charge in [-0.2, -0.15) is 0 Å². The minimum atomic E-state index is 0.362. The van der Waals surface area contributed by atoms with Gasteiger partial charge in [-0.15, -0.1) is 0 Å². The molecule has 2 atom stereocenters. The molecule has 0 bridgehead atoms. The lowest BCUT2D eigenvalue weighted by Gasteiger charge is -2.50. The van der Waals surface area contributed by atoms with Crippen molar-refractivity contribution in [3.05, 3.63) is 0 Å². The van der Waals surface area contributed by atoms with Crippen LogP contribution in [0.15, 0.2) is 0 Å². The molecule has 2 N–H and O–H groups in total. The summed E-state index contributed by atoms with van der Waals surface area (Å²) < 4.78 is 0. The Bertz CT molecular complexity index is 211. The average molecular weight is 224 g/mol. The maximum Gasteiger partial charge on any atom is 0.0331 e. The lowest BCUT2D eigenvalue weighted by molar-refractivity contribution is 0.00512. The first kappa shape index (κ1) is 12.4. The first-order chi connectivity index (χ1) is 7.66. The number of nitrogens with two attached hydrogens (primary N) is 1. The third-order valence-electron chi connectivity index (χ3n) is 4.70. The first-order valence-corrected chi connectivity index (χ1v) is 7.11. The molecule has 0 aromatic rings. The van der Waals surface area contributed by atoms with Crippen LogP contribution in [0.2, 0.25) is 0 Å². The standard InChI is InChI=1S/C14H28N2/c1-12-8-13(2)10-16(9-12)14(11-15)6-4-3-5-7-14/h12-13H,3-11,15H2,1-2H3. The van der Waals surface area contributed by atoms with Crippen LogP contribution < -0.4 is 5.73 Å². The van der Waals surface area contributed by atoms with Gasteiger partial charge in [-0.05, 0) is 31.1 Å². The average Bonchev–Trinajstić information content (AvgIpc) is 2.28. The molecule has 0 aromatic heterocycles. The highest BCUT2D eigenvalue weighted by Crippen LogP contribution is 2.36. The van der Waals surface area contributed by atoms with E-state index in [1.807, 2.05) is 0 Å². The Hall–Kier alpha value is -0.0800. The largest absolute Gasteiger partial charge is 0.329 e. The Labute approximate surface area is 101 Å². The molecule has 1 saturated carbocycles. The number of nitrogens with zero attached hydrogens (tertiary/aromatic N) is 1. The van der Waals surface area contributed by atoms with Gasteiger partial charge in [0, 0.05) is 25.2 Å². The Morgan fingerprint density at radius 3 is 2.12 bits per heavy atom. The molecule has 0 radical (unpaired) electrons. The van der Waals surface area contributed by atoms with Gasteiger partial charge in [-0.3, -0.25) is 4.90 Å². The zero-order valence-electron chi connectivity index (χ0n) is 11.0. The lowest BCUT2D eigenvalue weighted by Crippen LogP contribution is -2.58. The van der Waals surface area contributed by atoms with Crippen LogP contribution in [0, 0.1) is 11.8 Å². The van der Waals surface area contributed by atoms with E-state index < -0.39 is 0 Å². The highest BCUT2D eigenvalue weighted by molar-refractivity contribution is 4.96. The molecule has 2 unspecified atom stereocenters. The zero-order valence-corrected chi connectivity index (χ0v) is 11.0. The van der Waals surface area contributed by atoms with Gasteiger partial charge in [0.1, 0.15) is 0 Å². The molecule has 0 spiro atoms. The molecule has 2 aliphatic rings. The summed E-state index contributed by atoms with van der Waals surface area (Å²) in [7, 11) is 0. The van der Waals surface area contributed by atoms with E-state index in [2.05, 4.69) is 18.7 Å². The summed E-state index contributed by atoms with van der Waals surface area (Å²) in [6.07, 6.45) is 8.26. The van der Waals surface area contributed by atoms with Gasteiger partial charge in [0.2, 0.25) is 0 Å². The molecule has 94 valence electrons. The van der Waals surface area contributed by atoms with Crippen molar-refractivity contribution in [2.24, 2.45) is 17.6 Å². The summed E-state index contributed by atoms with van der Waals surface area (Å²) >= 11 is 0. The fourth-order valence-corrected chi connectivity index (χ4v) is 3.91. The summed E-state index contributed by atoms with van der Waals surface area (Å²) in [5.74, 6) is 1.71. The summed E-state index contributed by atoms with van der Waals surface area (Å²) in [5.41, 5.74) is 6.48. The third kappa shape index (κ3) is 2.43. The second-order valence-corrected chi connectivity index (χ2v) is 6.34. The highest BCUT2D eigenvalue weighted by Gasteiger charge is 2.39. The van der Waals surface area contributed by atoms with Crippen molar-refractivity contribution in [1.82, 2.24) is 4.90 Å². The summed E-state index contributed by atoms with van der Waals surface area (Å²) in [4.78, 5) is 2.74. The van der Waals surface area contributed by atoms with Crippen LogP contribution in [-0.2, 0) is 0 Å². The minimum Gasteiger partial charge on any atom is -0.329 e. The molecule has 1 heterocycles. The predicted octanol–water partition coefficient (Wildman–Crippen LogP) is 2.63. The number of rotatable bonds is 2. The molecule has 1 aliphatic carbocycles. The smallest absolute Gasteiger partial charge is 0.0331 e. The van der Waals surface area contributed by atoms with Crippen LogP contribution in [0.3, 0.4) is 0 Å². The Kier molecular flexibility index (Phi) is 3.91. The number of likely N-dealkylation sites (tertiary alicyclic amines) is 1. The Morgan fingerprint density at radius 1 is 1.06 bits per heavy atom. The van der Waals surface area contributed by atoms with Gasteiger partial charge in [0.25, 0.3) is 0 Å². The Morgan fingerprint density at radius 2 is 1.62 bits per heavy atom. The second kappa shape index (κ2) is 5.05. The molecular formula is C14H28N2. The maximum atomic E-state index is 6.12. The third-order valence-corrected chi connectivity index (χ3v) is 4.70. The van der Waals surface area contributed by atoms with E-state index in [0.29, 0.717) is 5.54 Å². The monoisotopic (exact) mass is 224 g/mol. The number of hydrogen-bond donors (Lipinski definition) is 1. The highest BCUT2D eigenvalue weighted by atomic mass is 15.2. The van der Waals surface area contributed by atoms with Gasteiger partial charge >= 0.3 is 0 Å². The SMILES string of the molecule is CC1CC(C)CN(C2(CN)CCCCC2)C1. The van der Waals surface area contributed by atoms with Crippen molar-refractivity contribution in [3.63, 3.8) is 0 Å². The summed E-state index contributed by atoms with van der Waals surface area (Å²) in [5, 5.41) is 0. The van der Waals surface area contributed by atoms with E-state index in [-0.39, 0.29) is 0 Å². The molecule has 2 heteroatoms. The van der Waals surface area contributed by atoms with Gasteiger partial charge in [-0.1, -0.05) is 33.1 Å². The van der Waals surface area contributed by atoms with Crippen LogP contribution in [0.1, 0.15) is 52.4 Å². The maximum absolute atomic E-state index is 6.12. The predicted molar refractivity (Wildman–Crippen MR) is 69.4 cm³/mol. The van der Waals surface area contributed by atoms with Crippen molar-refractivity contribution in [1.29, 1.82) is 0 Å². The number of hydrogen-bond acceptors (Lipinski definition) is 2. The van der Waals surface area contributed by atoms with Crippen LogP contribution >= 0.6 is 0 Å². The van der Waals surface area contributed by atoms with Gasteiger partial charge in [0.15, 0.2) is 0 Å². The molecule has 2 nitrogen and oxygen atoms in total. The first-order valence-electron chi connectivity index (χ1n) is 7.11. The molecule has 0 amide bonds. The number of piperidine rings is 1. The summed E-state index contributed by atoms with van der Waals surface area (Å²) in [6, 6.07) is 0. The van der Waals surface area contributed by atoms with Crippen LogP contribution in [0.25, 0.3) is 0 Å². The van der Waals surface area contributed by atoms with Crippen LogP contribution in [-0.4, -0.2) is 30.1 Å². The summed E-state index contributed by atoms with van der Waals surface area (Å²) in [6.45, 7) is 8.22. The van der Waals surface area contributed by atoms with E-state index >= 15 is 0 Å². The minimum absolute atomic E-state index is 0.362. The van der Waals surface area contributed by atoms with E-state index in [0.717, 1.165) is 18.4 Å². The van der Waals surface area contributed by atoms with Crippen molar-refractivity contribution in [3.8, 4) is 0 Å². The van der Waals surface area contributed by atoms with E-state index in [1.54, 1.807) is 0 Å². The van der Waals surface area contributed by atoms with E-state index in [9.17, 15) is 0 Å². The van der Waals surface area contributed by atoms with E-state index in [1.165, 1.54) is 51.6 Å².